The first-order valence-corrected chi connectivity index (χ1v) is 5.96. The molecule has 2 rings (SSSR count). The first kappa shape index (κ1) is 12.6. The van der Waals surface area contributed by atoms with E-state index in [2.05, 4.69) is 36.2 Å². The monoisotopic (exact) mass is 309 g/mol. The van der Waals surface area contributed by atoms with Gasteiger partial charge in [0, 0.05) is 10.2 Å². The SMILES string of the molecule is COc1nc(N)nc(Nc2ccc(Br)c(C)c2)n1. The molecule has 0 spiro atoms. The molecule has 94 valence electrons. The Hall–Kier alpha value is -1.89. The predicted molar refractivity (Wildman–Crippen MR) is 73.0 cm³/mol. The fourth-order valence-electron chi connectivity index (χ4n) is 1.37. The lowest BCUT2D eigenvalue weighted by molar-refractivity contribution is 0.380. The van der Waals surface area contributed by atoms with Crippen LogP contribution < -0.4 is 15.8 Å². The van der Waals surface area contributed by atoms with E-state index in [0.29, 0.717) is 5.95 Å². The van der Waals surface area contributed by atoms with Crippen molar-refractivity contribution >= 4 is 33.5 Å². The van der Waals surface area contributed by atoms with Crippen molar-refractivity contribution in [3.63, 3.8) is 0 Å². The van der Waals surface area contributed by atoms with E-state index in [9.17, 15) is 0 Å². The Morgan fingerprint density at radius 3 is 2.72 bits per heavy atom. The van der Waals surface area contributed by atoms with Crippen molar-refractivity contribution < 1.29 is 4.74 Å². The van der Waals surface area contributed by atoms with Crippen LogP contribution >= 0.6 is 15.9 Å². The van der Waals surface area contributed by atoms with Crippen molar-refractivity contribution in [2.75, 3.05) is 18.2 Å². The lowest BCUT2D eigenvalue weighted by Gasteiger charge is -2.07. The third-order valence-corrected chi connectivity index (χ3v) is 3.12. The second-order valence-corrected chi connectivity index (χ2v) is 4.45. The van der Waals surface area contributed by atoms with Crippen LogP contribution in [0.4, 0.5) is 17.6 Å². The number of nitrogen functional groups attached to an aromatic ring is 1. The number of aryl methyl sites for hydroxylation is 1. The highest BCUT2D eigenvalue weighted by Crippen LogP contribution is 2.22. The molecule has 0 bridgehead atoms. The highest BCUT2D eigenvalue weighted by Gasteiger charge is 2.05. The molecule has 0 amide bonds. The normalized spacial score (nSPS) is 10.2. The second kappa shape index (κ2) is 5.18. The number of halogens is 1. The minimum absolute atomic E-state index is 0.109. The number of nitrogens with one attached hydrogen (secondary N) is 1. The molecular formula is C11H12BrN5O. The van der Waals surface area contributed by atoms with Crippen LogP contribution in [0, 0.1) is 6.92 Å². The molecule has 18 heavy (non-hydrogen) atoms. The van der Waals surface area contributed by atoms with Gasteiger partial charge >= 0.3 is 6.01 Å². The van der Waals surface area contributed by atoms with Crippen molar-refractivity contribution in [3.8, 4) is 6.01 Å². The summed E-state index contributed by atoms with van der Waals surface area (Å²) in [7, 11) is 1.47. The van der Waals surface area contributed by atoms with E-state index >= 15 is 0 Å². The summed E-state index contributed by atoms with van der Waals surface area (Å²) in [4.78, 5) is 11.8. The molecule has 0 aliphatic heterocycles. The molecule has 2 aromatic rings. The van der Waals surface area contributed by atoms with E-state index in [1.54, 1.807) is 0 Å². The summed E-state index contributed by atoms with van der Waals surface area (Å²) in [5, 5.41) is 3.04. The first-order valence-electron chi connectivity index (χ1n) is 5.17. The number of methoxy groups -OCH3 is 1. The molecule has 0 radical (unpaired) electrons. The van der Waals surface area contributed by atoms with Crippen LogP contribution in [0.25, 0.3) is 0 Å². The van der Waals surface area contributed by atoms with Crippen LogP contribution in [-0.2, 0) is 0 Å². The third-order valence-electron chi connectivity index (χ3n) is 2.23. The van der Waals surface area contributed by atoms with Gasteiger partial charge in [0.2, 0.25) is 11.9 Å². The largest absolute Gasteiger partial charge is 0.467 e. The summed E-state index contributed by atoms with van der Waals surface area (Å²) in [5.41, 5.74) is 7.52. The molecule has 7 heteroatoms. The smallest absolute Gasteiger partial charge is 0.322 e. The van der Waals surface area contributed by atoms with Gasteiger partial charge in [-0.2, -0.15) is 15.0 Å². The summed E-state index contributed by atoms with van der Waals surface area (Å²) in [6, 6.07) is 6.00. The maximum absolute atomic E-state index is 5.55. The molecule has 0 aliphatic rings. The van der Waals surface area contributed by atoms with E-state index in [0.717, 1.165) is 15.7 Å². The van der Waals surface area contributed by atoms with Crippen molar-refractivity contribution in [2.45, 2.75) is 6.92 Å². The number of nitrogens with zero attached hydrogens (tertiary/aromatic N) is 3. The van der Waals surface area contributed by atoms with Gasteiger partial charge in [-0.3, -0.25) is 0 Å². The summed E-state index contributed by atoms with van der Waals surface area (Å²) in [6.07, 6.45) is 0. The molecule has 0 saturated carbocycles. The number of nitrogens with two attached hydrogens (primary N) is 1. The quantitative estimate of drug-likeness (QED) is 0.904. The lowest BCUT2D eigenvalue weighted by Crippen LogP contribution is -2.05. The van der Waals surface area contributed by atoms with Crippen LogP contribution in [0.2, 0.25) is 0 Å². The molecule has 1 aromatic carbocycles. The summed E-state index contributed by atoms with van der Waals surface area (Å²) in [5.74, 6) is 0.458. The van der Waals surface area contributed by atoms with Crippen LogP contribution in [0.5, 0.6) is 6.01 Å². The highest BCUT2D eigenvalue weighted by atomic mass is 79.9. The van der Waals surface area contributed by atoms with E-state index in [1.165, 1.54) is 7.11 Å². The van der Waals surface area contributed by atoms with Gasteiger partial charge in [-0.1, -0.05) is 15.9 Å². The van der Waals surface area contributed by atoms with Crippen LogP contribution in [0.3, 0.4) is 0 Å². The van der Waals surface area contributed by atoms with E-state index in [-0.39, 0.29) is 12.0 Å². The minimum atomic E-state index is 0.109. The molecule has 3 N–H and O–H groups in total. The van der Waals surface area contributed by atoms with Gasteiger partial charge in [-0.05, 0) is 30.7 Å². The molecule has 1 heterocycles. The van der Waals surface area contributed by atoms with Crippen molar-refractivity contribution in [1.29, 1.82) is 0 Å². The number of hydrogen-bond donors (Lipinski definition) is 2. The van der Waals surface area contributed by atoms with Gasteiger partial charge in [-0.15, -0.1) is 0 Å². The zero-order chi connectivity index (χ0) is 13.1. The highest BCUT2D eigenvalue weighted by molar-refractivity contribution is 9.10. The van der Waals surface area contributed by atoms with E-state index in [4.69, 9.17) is 10.5 Å². The Bertz CT molecular complexity index is 575. The van der Waals surface area contributed by atoms with Gasteiger partial charge in [0.05, 0.1) is 7.11 Å². The lowest BCUT2D eigenvalue weighted by atomic mass is 10.2. The molecule has 0 fully saturated rings. The molecule has 0 atom stereocenters. The molecule has 0 saturated heterocycles. The Morgan fingerprint density at radius 2 is 2.06 bits per heavy atom. The Kier molecular flexibility index (Phi) is 3.61. The predicted octanol–water partition coefficient (Wildman–Crippen LogP) is 2.28. The van der Waals surface area contributed by atoms with Gasteiger partial charge < -0.3 is 15.8 Å². The number of aromatic nitrogens is 3. The summed E-state index contributed by atoms with van der Waals surface area (Å²) < 4.78 is 5.97. The molecule has 0 aliphatic carbocycles. The average Bonchev–Trinajstić information content (AvgIpc) is 2.33. The van der Waals surface area contributed by atoms with Gasteiger partial charge in [0.1, 0.15) is 0 Å². The van der Waals surface area contributed by atoms with Crippen LogP contribution in [-0.4, -0.2) is 22.1 Å². The van der Waals surface area contributed by atoms with E-state index < -0.39 is 0 Å². The molecule has 1 aromatic heterocycles. The van der Waals surface area contributed by atoms with E-state index in [1.807, 2.05) is 25.1 Å². The third kappa shape index (κ3) is 2.86. The Morgan fingerprint density at radius 1 is 1.28 bits per heavy atom. The van der Waals surface area contributed by atoms with Crippen molar-refractivity contribution in [2.24, 2.45) is 0 Å². The zero-order valence-electron chi connectivity index (χ0n) is 9.94. The number of hydrogen-bond acceptors (Lipinski definition) is 6. The average molecular weight is 310 g/mol. The van der Waals surface area contributed by atoms with Gasteiger partial charge in [0.15, 0.2) is 0 Å². The maximum atomic E-state index is 5.55. The first-order chi connectivity index (χ1) is 8.58. The molecule has 6 nitrogen and oxygen atoms in total. The molecule has 0 unspecified atom stereocenters. The fourth-order valence-corrected chi connectivity index (χ4v) is 1.62. The Labute approximate surface area is 113 Å². The minimum Gasteiger partial charge on any atom is -0.467 e. The maximum Gasteiger partial charge on any atom is 0.322 e. The Balaban J connectivity index is 2.27. The zero-order valence-corrected chi connectivity index (χ0v) is 11.5. The number of rotatable bonds is 3. The van der Waals surface area contributed by atoms with Crippen molar-refractivity contribution in [1.82, 2.24) is 15.0 Å². The summed E-state index contributed by atoms with van der Waals surface area (Å²) in [6.45, 7) is 2.00. The second-order valence-electron chi connectivity index (χ2n) is 3.59. The number of benzene rings is 1. The van der Waals surface area contributed by atoms with Gasteiger partial charge in [0.25, 0.3) is 0 Å². The summed E-state index contributed by atoms with van der Waals surface area (Å²) >= 11 is 3.44. The van der Waals surface area contributed by atoms with Crippen LogP contribution in [0.15, 0.2) is 22.7 Å². The molecular weight excluding hydrogens is 298 g/mol. The van der Waals surface area contributed by atoms with Crippen molar-refractivity contribution in [3.05, 3.63) is 28.2 Å². The standard InChI is InChI=1S/C11H12BrN5O/c1-6-5-7(3-4-8(6)12)14-10-15-9(13)16-11(17-10)18-2/h3-5H,1-2H3,(H3,13,14,15,16,17). The topological polar surface area (TPSA) is 86.0 Å². The number of ether oxygens (including phenoxy) is 1. The van der Waals surface area contributed by atoms with Crippen LogP contribution in [0.1, 0.15) is 5.56 Å². The fraction of sp³-hybridized carbons (Fsp3) is 0.182. The van der Waals surface area contributed by atoms with Gasteiger partial charge in [-0.25, -0.2) is 0 Å². The number of anilines is 3.